The summed E-state index contributed by atoms with van der Waals surface area (Å²) in [5.41, 5.74) is -0.269. The van der Waals surface area contributed by atoms with Crippen molar-refractivity contribution >= 4 is 23.0 Å². The Morgan fingerprint density at radius 1 is 1.19 bits per heavy atom. The minimum Gasteiger partial charge on any atom is -0.258 e. The van der Waals surface area contributed by atoms with Crippen LogP contribution in [0.4, 0.5) is 11.4 Å². The van der Waals surface area contributed by atoms with Crippen molar-refractivity contribution < 1.29 is 9.85 Å². The normalized spacial score (nSPS) is 10.1. The molecule has 1 aromatic carbocycles. The van der Waals surface area contributed by atoms with Crippen molar-refractivity contribution in [3.63, 3.8) is 0 Å². The second kappa shape index (κ2) is 4.89. The van der Waals surface area contributed by atoms with E-state index in [1.807, 2.05) is 6.92 Å². The molecule has 0 unspecified atom stereocenters. The molecule has 0 aliphatic heterocycles. The Morgan fingerprint density at radius 2 is 1.75 bits per heavy atom. The van der Waals surface area contributed by atoms with Gasteiger partial charge in [-0.2, -0.15) is 0 Å². The van der Waals surface area contributed by atoms with E-state index in [-0.39, 0.29) is 10.7 Å². The summed E-state index contributed by atoms with van der Waals surface area (Å²) in [5.74, 6) is 0. The molecule has 7 heteroatoms. The molecule has 0 aromatic heterocycles. The lowest BCUT2D eigenvalue weighted by atomic mass is 10.1. The first-order valence-electron chi connectivity index (χ1n) is 4.58. The summed E-state index contributed by atoms with van der Waals surface area (Å²) in [6.07, 6.45) is 1.17. The van der Waals surface area contributed by atoms with E-state index in [1.165, 1.54) is 6.07 Å². The second-order valence-electron chi connectivity index (χ2n) is 3.20. The predicted molar refractivity (Wildman–Crippen MR) is 58.8 cm³/mol. The SMILES string of the molecule is CCCc1cc(Cl)c([N+](=O)[O-])cc1[N+](=O)[O-]. The van der Waals surface area contributed by atoms with Gasteiger partial charge in [-0.1, -0.05) is 24.9 Å². The van der Waals surface area contributed by atoms with Gasteiger partial charge >= 0.3 is 0 Å². The number of hydrogen-bond acceptors (Lipinski definition) is 4. The van der Waals surface area contributed by atoms with Crippen LogP contribution in [0.25, 0.3) is 0 Å². The Morgan fingerprint density at radius 3 is 2.19 bits per heavy atom. The van der Waals surface area contributed by atoms with Gasteiger partial charge in [-0.15, -0.1) is 0 Å². The van der Waals surface area contributed by atoms with Crippen LogP contribution in [0.1, 0.15) is 18.9 Å². The first-order chi connectivity index (χ1) is 7.47. The zero-order chi connectivity index (χ0) is 12.3. The van der Waals surface area contributed by atoms with Gasteiger partial charge in [0.15, 0.2) is 0 Å². The van der Waals surface area contributed by atoms with Crippen LogP contribution in [-0.2, 0) is 6.42 Å². The molecule has 0 spiro atoms. The molecule has 86 valence electrons. The van der Waals surface area contributed by atoms with Crippen molar-refractivity contribution in [3.05, 3.63) is 42.9 Å². The second-order valence-corrected chi connectivity index (χ2v) is 3.60. The van der Waals surface area contributed by atoms with Crippen LogP contribution in [0, 0.1) is 20.2 Å². The number of rotatable bonds is 4. The van der Waals surface area contributed by atoms with Crippen LogP contribution in [0.3, 0.4) is 0 Å². The quantitative estimate of drug-likeness (QED) is 0.601. The third kappa shape index (κ3) is 2.46. The van der Waals surface area contributed by atoms with Crippen LogP contribution >= 0.6 is 11.6 Å². The van der Waals surface area contributed by atoms with Crippen molar-refractivity contribution in [1.29, 1.82) is 0 Å². The molecule has 1 aromatic rings. The zero-order valence-electron chi connectivity index (χ0n) is 8.47. The van der Waals surface area contributed by atoms with E-state index in [9.17, 15) is 20.2 Å². The summed E-state index contributed by atoms with van der Waals surface area (Å²) in [7, 11) is 0. The monoisotopic (exact) mass is 244 g/mol. The van der Waals surface area contributed by atoms with Gasteiger partial charge in [0.25, 0.3) is 11.4 Å². The fourth-order valence-electron chi connectivity index (χ4n) is 1.37. The Bertz CT molecular complexity index is 447. The minimum atomic E-state index is -0.731. The molecular formula is C9H9ClN2O4. The van der Waals surface area contributed by atoms with E-state index in [4.69, 9.17) is 11.6 Å². The van der Waals surface area contributed by atoms with Gasteiger partial charge in [0.2, 0.25) is 0 Å². The molecule has 0 bridgehead atoms. The highest BCUT2D eigenvalue weighted by Gasteiger charge is 2.22. The summed E-state index contributed by atoms with van der Waals surface area (Å²) in [5, 5.41) is 21.2. The minimum absolute atomic E-state index is 0.0703. The van der Waals surface area contributed by atoms with Crippen LogP contribution in [-0.4, -0.2) is 9.85 Å². The number of nitro groups is 2. The lowest BCUT2D eigenvalue weighted by Crippen LogP contribution is -1.98. The standard InChI is InChI=1S/C9H9ClN2O4/c1-2-3-6-4-7(10)9(12(15)16)5-8(6)11(13)14/h4-5H,2-3H2,1H3. The number of nitro benzene ring substituents is 2. The molecule has 0 amide bonds. The van der Waals surface area contributed by atoms with Gasteiger partial charge in [0.05, 0.1) is 15.9 Å². The molecule has 1 rings (SSSR count). The molecule has 0 heterocycles. The van der Waals surface area contributed by atoms with E-state index in [0.29, 0.717) is 18.4 Å². The van der Waals surface area contributed by atoms with Crippen LogP contribution in [0.2, 0.25) is 5.02 Å². The van der Waals surface area contributed by atoms with Crippen molar-refractivity contribution in [1.82, 2.24) is 0 Å². The third-order valence-corrected chi connectivity index (χ3v) is 2.36. The summed E-state index contributed by atoms with van der Waals surface area (Å²) < 4.78 is 0. The molecule has 16 heavy (non-hydrogen) atoms. The summed E-state index contributed by atoms with van der Waals surface area (Å²) >= 11 is 5.67. The van der Waals surface area contributed by atoms with Crippen LogP contribution in [0.15, 0.2) is 12.1 Å². The van der Waals surface area contributed by atoms with Crippen molar-refractivity contribution in [2.75, 3.05) is 0 Å². The average Bonchev–Trinajstić information content (AvgIpc) is 2.17. The molecular weight excluding hydrogens is 236 g/mol. The maximum Gasteiger partial charge on any atom is 0.294 e. The van der Waals surface area contributed by atoms with Crippen molar-refractivity contribution in [2.45, 2.75) is 19.8 Å². The van der Waals surface area contributed by atoms with E-state index in [1.54, 1.807) is 0 Å². The number of benzene rings is 1. The van der Waals surface area contributed by atoms with Crippen LogP contribution < -0.4 is 0 Å². The highest BCUT2D eigenvalue weighted by molar-refractivity contribution is 6.32. The molecule has 6 nitrogen and oxygen atoms in total. The molecule has 0 N–H and O–H groups in total. The number of aryl methyl sites for hydroxylation is 1. The zero-order valence-corrected chi connectivity index (χ0v) is 9.23. The molecule has 0 atom stereocenters. The van der Waals surface area contributed by atoms with E-state index < -0.39 is 15.5 Å². The summed E-state index contributed by atoms with van der Waals surface area (Å²) in [6, 6.07) is 2.20. The molecule has 0 radical (unpaired) electrons. The van der Waals surface area contributed by atoms with E-state index in [0.717, 1.165) is 6.07 Å². The highest BCUT2D eigenvalue weighted by atomic mass is 35.5. The maximum atomic E-state index is 10.7. The third-order valence-electron chi connectivity index (χ3n) is 2.06. The summed E-state index contributed by atoms with van der Waals surface area (Å²) in [6.45, 7) is 1.86. The summed E-state index contributed by atoms with van der Waals surface area (Å²) in [4.78, 5) is 19.9. The lowest BCUT2D eigenvalue weighted by Gasteiger charge is -2.02. The van der Waals surface area contributed by atoms with Crippen molar-refractivity contribution in [2.24, 2.45) is 0 Å². The molecule has 0 fully saturated rings. The van der Waals surface area contributed by atoms with Gasteiger partial charge < -0.3 is 0 Å². The largest absolute Gasteiger partial charge is 0.294 e. The first kappa shape index (κ1) is 12.4. The number of halogens is 1. The Labute approximate surface area is 96.1 Å². The van der Waals surface area contributed by atoms with Gasteiger partial charge in [-0.25, -0.2) is 0 Å². The van der Waals surface area contributed by atoms with Gasteiger partial charge in [-0.05, 0) is 12.5 Å². The fraction of sp³-hybridized carbons (Fsp3) is 0.333. The molecule has 0 aliphatic rings. The smallest absolute Gasteiger partial charge is 0.258 e. The van der Waals surface area contributed by atoms with E-state index in [2.05, 4.69) is 0 Å². The van der Waals surface area contributed by atoms with E-state index >= 15 is 0 Å². The first-order valence-corrected chi connectivity index (χ1v) is 4.96. The van der Waals surface area contributed by atoms with Crippen molar-refractivity contribution in [3.8, 4) is 0 Å². The maximum absolute atomic E-state index is 10.7. The Kier molecular flexibility index (Phi) is 3.78. The van der Waals surface area contributed by atoms with Gasteiger partial charge in [-0.3, -0.25) is 20.2 Å². The Hall–Kier alpha value is -1.69. The number of hydrogen-bond donors (Lipinski definition) is 0. The topological polar surface area (TPSA) is 86.3 Å². The molecule has 0 saturated carbocycles. The predicted octanol–water partition coefficient (Wildman–Crippen LogP) is 3.11. The molecule has 0 aliphatic carbocycles. The molecule has 0 saturated heterocycles. The highest BCUT2D eigenvalue weighted by Crippen LogP contribution is 2.32. The number of nitrogens with zero attached hydrogens (tertiary/aromatic N) is 2. The fourth-order valence-corrected chi connectivity index (χ4v) is 1.63. The average molecular weight is 245 g/mol. The lowest BCUT2D eigenvalue weighted by molar-refractivity contribution is -0.394. The van der Waals surface area contributed by atoms with Gasteiger partial charge in [0.1, 0.15) is 5.02 Å². The van der Waals surface area contributed by atoms with Gasteiger partial charge in [0, 0.05) is 5.56 Å². The Balaban J connectivity index is 3.36. The van der Waals surface area contributed by atoms with Crippen LogP contribution in [0.5, 0.6) is 0 Å².